The van der Waals surface area contributed by atoms with Gasteiger partial charge in [-0.2, -0.15) is 5.10 Å². The van der Waals surface area contributed by atoms with Crippen molar-refractivity contribution in [2.24, 2.45) is 0 Å². The Morgan fingerprint density at radius 1 is 1.43 bits per heavy atom. The molecule has 1 aromatic heterocycles. The van der Waals surface area contributed by atoms with Gasteiger partial charge in [-0.05, 0) is 33.7 Å². The van der Waals surface area contributed by atoms with E-state index in [0.717, 1.165) is 31.0 Å². The molecule has 0 aromatic carbocycles. The summed E-state index contributed by atoms with van der Waals surface area (Å²) in [5.74, 6) is 0.842. The van der Waals surface area contributed by atoms with E-state index in [0.29, 0.717) is 0 Å². The summed E-state index contributed by atoms with van der Waals surface area (Å²) in [5.41, 5.74) is 8.41. The van der Waals surface area contributed by atoms with Crippen LogP contribution in [0.5, 0.6) is 0 Å². The lowest BCUT2D eigenvalue weighted by atomic mass is 10.1. The molecule has 0 bridgehead atoms. The summed E-state index contributed by atoms with van der Waals surface area (Å²) in [6.45, 7) is 8.22. The normalized spacial score (nSPS) is 16.8. The van der Waals surface area contributed by atoms with Gasteiger partial charge in [0.25, 0.3) is 0 Å². The van der Waals surface area contributed by atoms with Gasteiger partial charge in [0, 0.05) is 12.1 Å². The molecule has 2 rings (SSSR count). The number of rotatable bonds is 0. The molecule has 0 unspecified atom stereocenters. The van der Waals surface area contributed by atoms with Gasteiger partial charge in [-0.25, -0.2) is 4.68 Å². The Balaban J connectivity index is 2.49. The fourth-order valence-electron chi connectivity index (χ4n) is 1.86. The molecule has 0 fully saturated rings. The quantitative estimate of drug-likeness (QED) is 0.644. The standard InChI is InChI=1S/C10H18N4/c1-10(2,3)14-9(11)7-4-5-12-6-8(7)13-14/h12H,4-6,11H2,1-3H3. The summed E-state index contributed by atoms with van der Waals surface area (Å²) in [4.78, 5) is 0. The Hall–Kier alpha value is -1.03. The lowest BCUT2D eigenvalue weighted by Gasteiger charge is -2.20. The van der Waals surface area contributed by atoms with Crippen molar-refractivity contribution in [1.82, 2.24) is 15.1 Å². The van der Waals surface area contributed by atoms with E-state index < -0.39 is 0 Å². The Morgan fingerprint density at radius 2 is 2.14 bits per heavy atom. The topological polar surface area (TPSA) is 55.9 Å². The SMILES string of the molecule is CC(C)(C)n1nc2c(c1N)CCNC2. The summed E-state index contributed by atoms with van der Waals surface area (Å²) in [5, 5.41) is 7.85. The predicted molar refractivity (Wildman–Crippen MR) is 57.0 cm³/mol. The highest BCUT2D eigenvalue weighted by molar-refractivity contribution is 5.45. The van der Waals surface area contributed by atoms with E-state index in [1.54, 1.807) is 0 Å². The molecule has 1 aliphatic heterocycles. The second-order valence-electron chi connectivity index (χ2n) is 4.82. The highest BCUT2D eigenvalue weighted by Gasteiger charge is 2.24. The molecule has 0 aliphatic carbocycles. The van der Waals surface area contributed by atoms with E-state index in [2.05, 4.69) is 31.2 Å². The van der Waals surface area contributed by atoms with Gasteiger partial charge in [-0.15, -0.1) is 0 Å². The van der Waals surface area contributed by atoms with Crippen LogP contribution in [0.25, 0.3) is 0 Å². The molecule has 0 spiro atoms. The van der Waals surface area contributed by atoms with E-state index in [9.17, 15) is 0 Å². The number of nitrogens with zero attached hydrogens (tertiary/aromatic N) is 2. The van der Waals surface area contributed by atoms with Gasteiger partial charge in [0.2, 0.25) is 0 Å². The number of aromatic nitrogens is 2. The number of hydrogen-bond acceptors (Lipinski definition) is 3. The third-order valence-corrected chi connectivity index (χ3v) is 2.59. The summed E-state index contributed by atoms with van der Waals surface area (Å²) >= 11 is 0. The predicted octanol–water partition coefficient (Wildman–Crippen LogP) is 0.866. The van der Waals surface area contributed by atoms with Crippen molar-refractivity contribution in [1.29, 1.82) is 0 Å². The van der Waals surface area contributed by atoms with Crippen LogP contribution in [0.4, 0.5) is 5.82 Å². The van der Waals surface area contributed by atoms with Crippen molar-refractivity contribution in [2.45, 2.75) is 39.3 Å². The maximum atomic E-state index is 6.08. The zero-order chi connectivity index (χ0) is 10.3. The van der Waals surface area contributed by atoms with Crippen molar-refractivity contribution in [3.8, 4) is 0 Å². The van der Waals surface area contributed by atoms with E-state index >= 15 is 0 Å². The Morgan fingerprint density at radius 3 is 2.71 bits per heavy atom. The molecule has 0 radical (unpaired) electrons. The molecule has 1 aliphatic rings. The number of nitrogen functional groups attached to an aromatic ring is 1. The molecule has 2 heterocycles. The summed E-state index contributed by atoms with van der Waals surface area (Å²) in [6, 6.07) is 0. The van der Waals surface area contributed by atoms with E-state index in [-0.39, 0.29) is 5.54 Å². The third-order valence-electron chi connectivity index (χ3n) is 2.59. The highest BCUT2D eigenvalue weighted by atomic mass is 15.4. The fourth-order valence-corrected chi connectivity index (χ4v) is 1.86. The first kappa shape index (κ1) is 9.52. The first-order chi connectivity index (χ1) is 6.50. The molecular formula is C10H18N4. The minimum atomic E-state index is -0.0264. The van der Waals surface area contributed by atoms with Gasteiger partial charge in [-0.1, -0.05) is 0 Å². The van der Waals surface area contributed by atoms with E-state index in [4.69, 9.17) is 5.73 Å². The van der Waals surface area contributed by atoms with Gasteiger partial charge in [0.15, 0.2) is 0 Å². The lowest BCUT2D eigenvalue weighted by Crippen LogP contribution is -2.25. The largest absolute Gasteiger partial charge is 0.384 e. The molecule has 0 saturated heterocycles. The van der Waals surface area contributed by atoms with Crippen molar-refractivity contribution in [3.05, 3.63) is 11.3 Å². The minimum absolute atomic E-state index is 0.0264. The second-order valence-corrected chi connectivity index (χ2v) is 4.82. The molecule has 3 N–H and O–H groups in total. The molecule has 0 amide bonds. The minimum Gasteiger partial charge on any atom is -0.384 e. The molecule has 0 atom stereocenters. The average molecular weight is 194 g/mol. The van der Waals surface area contributed by atoms with Crippen molar-refractivity contribution in [3.63, 3.8) is 0 Å². The number of hydrogen-bond donors (Lipinski definition) is 2. The van der Waals surface area contributed by atoms with Crippen LogP contribution in [0.3, 0.4) is 0 Å². The van der Waals surface area contributed by atoms with Crippen LogP contribution in [0.15, 0.2) is 0 Å². The lowest BCUT2D eigenvalue weighted by molar-refractivity contribution is 0.358. The third kappa shape index (κ3) is 1.39. The monoisotopic (exact) mass is 194 g/mol. The number of anilines is 1. The number of nitrogens with one attached hydrogen (secondary N) is 1. The van der Waals surface area contributed by atoms with Gasteiger partial charge in [-0.3, -0.25) is 0 Å². The first-order valence-electron chi connectivity index (χ1n) is 5.07. The van der Waals surface area contributed by atoms with E-state index in [1.807, 2.05) is 4.68 Å². The van der Waals surface area contributed by atoms with Gasteiger partial charge >= 0.3 is 0 Å². The Labute approximate surface area is 84.5 Å². The Kier molecular flexibility index (Phi) is 2.03. The molecule has 4 heteroatoms. The van der Waals surface area contributed by atoms with Crippen LogP contribution in [-0.2, 0) is 18.5 Å². The van der Waals surface area contributed by atoms with Crippen molar-refractivity contribution in [2.75, 3.05) is 12.3 Å². The van der Waals surface area contributed by atoms with Gasteiger partial charge in [0.1, 0.15) is 5.82 Å². The zero-order valence-corrected chi connectivity index (χ0v) is 9.09. The maximum absolute atomic E-state index is 6.08. The molecule has 78 valence electrons. The summed E-state index contributed by atoms with van der Waals surface area (Å²) in [7, 11) is 0. The summed E-state index contributed by atoms with van der Waals surface area (Å²) in [6.07, 6.45) is 0.997. The molecule has 0 saturated carbocycles. The van der Waals surface area contributed by atoms with Crippen molar-refractivity contribution < 1.29 is 0 Å². The van der Waals surface area contributed by atoms with Crippen molar-refractivity contribution >= 4 is 5.82 Å². The van der Waals surface area contributed by atoms with Crippen LogP contribution >= 0.6 is 0 Å². The van der Waals surface area contributed by atoms with Crippen LogP contribution in [0.1, 0.15) is 32.0 Å². The Bertz CT molecular complexity index is 346. The smallest absolute Gasteiger partial charge is 0.125 e. The molecule has 4 nitrogen and oxygen atoms in total. The van der Waals surface area contributed by atoms with Gasteiger partial charge < -0.3 is 11.1 Å². The first-order valence-corrected chi connectivity index (χ1v) is 5.07. The van der Waals surface area contributed by atoms with Crippen LogP contribution < -0.4 is 11.1 Å². The fraction of sp³-hybridized carbons (Fsp3) is 0.700. The van der Waals surface area contributed by atoms with E-state index in [1.165, 1.54) is 5.56 Å². The number of fused-ring (bicyclic) bond motifs is 1. The summed E-state index contributed by atoms with van der Waals surface area (Å²) < 4.78 is 1.94. The molecular weight excluding hydrogens is 176 g/mol. The molecule has 14 heavy (non-hydrogen) atoms. The van der Waals surface area contributed by atoms with Crippen LogP contribution in [-0.4, -0.2) is 16.3 Å². The van der Waals surface area contributed by atoms with Gasteiger partial charge in [0.05, 0.1) is 11.2 Å². The second kappa shape index (κ2) is 2.98. The average Bonchev–Trinajstić information content (AvgIpc) is 2.44. The van der Waals surface area contributed by atoms with Crippen LogP contribution in [0, 0.1) is 0 Å². The highest BCUT2D eigenvalue weighted by Crippen LogP contribution is 2.25. The maximum Gasteiger partial charge on any atom is 0.125 e. The number of nitrogens with two attached hydrogens (primary N) is 1. The van der Waals surface area contributed by atoms with Crippen LogP contribution in [0.2, 0.25) is 0 Å². The zero-order valence-electron chi connectivity index (χ0n) is 9.09. The molecule has 1 aromatic rings.